The van der Waals surface area contributed by atoms with Crippen LogP contribution >= 0.6 is 0 Å². The maximum absolute atomic E-state index is 13.9. The van der Waals surface area contributed by atoms with Gasteiger partial charge in [0.05, 0.1) is 0 Å². The monoisotopic (exact) mass is 402 g/mol. The number of hydrogen-bond acceptors (Lipinski definition) is 2. The smallest absolute Gasteiger partial charge is 0.303 e. The van der Waals surface area contributed by atoms with E-state index in [1.807, 2.05) is 0 Å². The maximum Gasteiger partial charge on any atom is 0.303 e. The highest BCUT2D eigenvalue weighted by Gasteiger charge is 2.64. The number of aliphatic carboxylic acids is 1. The standard InChI is InChI=1S/C26H42O3/c1-5-17-19-8-6-7-14-25(19,3)21-13-15-26(4)18(16(2)9-12-22(27)28)10-11-20(26)23(21)24(17)29/h16-21,23H,5-15H2,1-4H3,(H,27,28). The van der Waals surface area contributed by atoms with Gasteiger partial charge in [-0.2, -0.15) is 0 Å². The van der Waals surface area contributed by atoms with Crippen LogP contribution in [0.4, 0.5) is 0 Å². The molecule has 0 aromatic heterocycles. The highest BCUT2D eigenvalue weighted by Crippen LogP contribution is 2.68. The third-order valence-corrected chi connectivity index (χ3v) is 10.6. The topological polar surface area (TPSA) is 54.4 Å². The molecular formula is C26H42O3. The number of Topliss-reactive ketones (excluding diaryl/α,β-unsaturated/α-hetero) is 1. The number of carbonyl (C=O) groups excluding carboxylic acids is 1. The molecule has 0 amide bonds. The maximum atomic E-state index is 13.9. The molecule has 0 aliphatic heterocycles. The zero-order valence-electron chi connectivity index (χ0n) is 19.1. The molecule has 4 aliphatic carbocycles. The first-order chi connectivity index (χ1) is 13.7. The van der Waals surface area contributed by atoms with Crippen LogP contribution in [0.2, 0.25) is 0 Å². The van der Waals surface area contributed by atoms with Gasteiger partial charge in [0, 0.05) is 18.3 Å². The number of carboxylic acid groups (broad SMARTS) is 1. The lowest BCUT2D eigenvalue weighted by Gasteiger charge is -2.62. The van der Waals surface area contributed by atoms with Gasteiger partial charge in [-0.05, 0) is 91.8 Å². The lowest BCUT2D eigenvalue weighted by Crippen LogP contribution is -2.59. The van der Waals surface area contributed by atoms with Gasteiger partial charge in [0.2, 0.25) is 0 Å². The molecule has 9 atom stereocenters. The van der Waals surface area contributed by atoms with Crippen molar-refractivity contribution in [2.75, 3.05) is 0 Å². The summed E-state index contributed by atoms with van der Waals surface area (Å²) in [6, 6.07) is 0. The van der Waals surface area contributed by atoms with E-state index in [4.69, 9.17) is 5.11 Å². The highest BCUT2D eigenvalue weighted by molar-refractivity contribution is 5.86. The summed E-state index contributed by atoms with van der Waals surface area (Å²) >= 11 is 0. The van der Waals surface area contributed by atoms with E-state index in [2.05, 4.69) is 27.7 Å². The van der Waals surface area contributed by atoms with E-state index in [-0.39, 0.29) is 23.7 Å². The van der Waals surface area contributed by atoms with E-state index < -0.39 is 5.97 Å². The van der Waals surface area contributed by atoms with Crippen LogP contribution in [0.1, 0.15) is 98.3 Å². The van der Waals surface area contributed by atoms with E-state index in [0.29, 0.717) is 40.8 Å². The van der Waals surface area contributed by atoms with Crippen molar-refractivity contribution in [2.24, 2.45) is 52.3 Å². The van der Waals surface area contributed by atoms with Crippen molar-refractivity contribution in [2.45, 2.75) is 98.3 Å². The van der Waals surface area contributed by atoms with Crippen LogP contribution in [-0.2, 0) is 9.59 Å². The summed E-state index contributed by atoms with van der Waals surface area (Å²) in [4.78, 5) is 25.0. The molecular weight excluding hydrogens is 360 g/mol. The second kappa shape index (κ2) is 7.68. The molecule has 0 spiro atoms. The summed E-state index contributed by atoms with van der Waals surface area (Å²) in [6.45, 7) is 9.52. The summed E-state index contributed by atoms with van der Waals surface area (Å²) in [5.74, 6) is 3.26. The fourth-order valence-corrected chi connectivity index (χ4v) is 9.24. The molecule has 4 saturated carbocycles. The van der Waals surface area contributed by atoms with Crippen LogP contribution < -0.4 is 0 Å². The summed E-state index contributed by atoms with van der Waals surface area (Å²) in [5.41, 5.74) is 0.594. The van der Waals surface area contributed by atoms with E-state index >= 15 is 0 Å². The van der Waals surface area contributed by atoms with Crippen molar-refractivity contribution in [3.63, 3.8) is 0 Å². The number of fused-ring (bicyclic) bond motifs is 5. The largest absolute Gasteiger partial charge is 0.481 e. The molecule has 0 heterocycles. The van der Waals surface area contributed by atoms with E-state index in [0.717, 1.165) is 12.8 Å². The van der Waals surface area contributed by atoms with Gasteiger partial charge >= 0.3 is 5.97 Å². The Kier molecular flexibility index (Phi) is 5.66. The highest BCUT2D eigenvalue weighted by atomic mass is 16.4. The average molecular weight is 403 g/mol. The molecule has 164 valence electrons. The molecule has 3 nitrogen and oxygen atoms in total. The van der Waals surface area contributed by atoms with Crippen LogP contribution in [-0.4, -0.2) is 16.9 Å². The lowest BCUT2D eigenvalue weighted by molar-refractivity contribution is -0.168. The number of rotatable bonds is 5. The average Bonchev–Trinajstić information content (AvgIpc) is 3.04. The van der Waals surface area contributed by atoms with Gasteiger partial charge in [-0.25, -0.2) is 0 Å². The molecule has 0 radical (unpaired) electrons. The van der Waals surface area contributed by atoms with Gasteiger partial charge < -0.3 is 5.11 Å². The molecule has 0 aromatic rings. The molecule has 0 bridgehead atoms. The Balaban J connectivity index is 1.62. The number of ketones is 1. The van der Waals surface area contributed by atoms with Crippen LogP contribution in [0.25, 0.3) is 0 Å². The minimum Gasteiger partial charge on any atom is -0.481 e. The predicted octanol–water partition coefficient (Wildman–Crippen LogP) is 6.35. The molecule has 4 fully saturated rings. The molecule has 0 aromatic carbocycles. The van der Waals surface area contributed by atoms with Gasteiger partial charge in [0.1, 0.15) is 5.78 Å². The zero-order valence-corrected chi connectivity index (χ0v) is 19.1. The first-order valence-electron chi connectivity index (χ1n) is 12.5. The SMILES string of the molecule is CCC1C(=O)C2C3CCC(C(C)CCC(=O)O)C3(C)CCC2C2(C)CCCCC12. The number of carbonyl (C=O) groups is 2. The molecule has 3 heteroatoms. The summed E-state index contributed by atoms with van der Waals surface area (Å²) < 4.78 is 0. The van der Waals surface area contributed by atoms with E-state index in [1.54, 1.807) is 0 Å². The Morgan fingerprint density at radius 2 is 1.76 bits per heavy atom. The predicted molar refractivity (Wildman–Crippen MR) is 115 cm³/mol. The van der Waals surface area contributed by atoms with Crippen molar-refractivity contribution < 1.29 is 14.7 Å². The van der Waals surface area contributed by atoms with Gasteiger partial charge in [-0.15, -0.1) is 0 Å². The Bertz CT molecular complexity index is 656. The minimum absolute atomic E-state index is 0.227. The minimum atomic E-state index is -0.676. The molecule has 29 heavy (non-hydrogen) atoms. The second-order valence-corrected chi connectivity index (χ2v) is 11.7. The Morgan fingerprint density at radius 1 is 1.03 bits per heavy atom. The van der Waals surface area contributed by atoms with Crippen LogP contribution in [0.5, 0.6) is 0 Å². The second-order valence-electron chi connectivity index (χ2n) is 11.7. The number of hydrogen-bond donors (Lipinski definition) is 1. The lowest BCUT2D eigenvalue weighted by atomic mass is 9.42. The third kappa shape index (κ3) is 3.21. The Hall–Kier alpha value is -0.860. The summed E-state index contributed by atoms with van der Waals surface area (Å²) in [7, 11) is 0. The van der Waals surface area contributed by atoms with Crippen LogP contribution in [0, 0.1) is 52.3 Å². The van der Waals surface area contributed by atoms with Crippen molar-refractivity contribution in [3.05, 3.63) is 0 Å². The van der Waals surface area contributed by atoms with Crippen molar-refractivity contribution >= 4 is 11.8 Å². The van der Waals surface area contributed by atoms with Crippen LogP contribution in [0.15, 0.2) is 0 Å². The normalized spacial score (nSPS) is 47.8. The summed E-state index contributed by atoms with van der Waals surface area (Å²) in [5, 5.41) is 9.14. The molecule has 0 saturated heterocycles. The van der Waals surface area contributed by atoms with Gasteiger partial charge in [-0.1, -0.05) is 40.5 Å². The third-order valence-electron chi connectivity index (χ3n) is 10.6. The number of carboxylic acids is 1. The van der Waals surface area contributed by atoms with Gasteiger partial charge in [0.15, 0.2) is 0 Å². The first kappa shape index (κ1) is 21.4. The Morgan fingerprint density at radius 3 is 2.45 bits per heavy atom. The Labute approximate surface area is 177 Å². The van der Waals surface area contributed by atoms with Crippen molar-refractivity contribution in [1.29, 1.82) is 0 Å². The molecule has 4 rings (SSSR count). The van der Waals surface area contributed by atoms with Crippen molar-refractivity contribution in [3.8, 4) is 0 Å². The summed E-state index contributed by atoms with van der Waals surface area (Å²) in [6.07, 6.45) is 12.2. The molecule has 9 unspecified atom stereocenters. The van der Waals surface area contributed by atoms with Crippen LogP contribution in [0.3, 0.4) is 0 Å². The molecule has 4 aliphatic rings. The molecule has 1 N–H and O–H groups in total. The fraction of sp³-hybridized carbons (Fsp3) is 0.923. The van der Waals surface area contributed by atoms with Crippen molar-refractivity contribution in [1.82, 2.24) is 0 Å². The zero-order chi connectivity index (χ0) is 21.0. The first-order valence-corrected chi connectivity index (χ1v) is 12.5. The van der Waals surface area contributed by atoms with Gasteiger partial charge in [0.25, 0.3) is 0 Å². The van der Waals surface area contributed by atoms with E-state index in [9.17, 15) is 9.59 Å². The van der Waals surface area contributed by atoms with E-state index in [1.165, 1.54) is 51.4 Å². The van der Waals surface area contributed by atoms with Gasteiger partial charge in [-0.3, -0.25) is 9.59 Å². The quantitative estimate of drug-likeness (QED) is 0.583. The fourth-order valence-electron chi connectivity index (χ4n) is 9.24.